The minimum atomic E-state index is -0.397. The van der Waals surface area contributed by atoms with Gasteiger partial charge in [0.25, 0.3) is 0 Å². The predicted molar refractivity (Wildman–Crippen MR) is 75.1 cm³/mol. The minimum Gasteiger partial charge on any atom is -0.481 e. The maximum absolute atomic E-state index is 12.2. The van der Waals surface area contributed by atoms with Gasteiger partial charge in [0.15, 0.2) is 5.97 Å². The number of rotatable bonds is 3. The molecule has 1 aliphatic carbocycles. The molecular formula is C16H29O2Y-. The van der Waals surface area contributed by atoms with E-state index in [1.165, 1.54) is 6.42 Å². The molecule has 19 heavy (non-hydrogen) atoms. The number of carbonyl (C=O) groups excluding carboxylic acids is 1. The number of esters is 1. The zero-order chi connectivity index (χ0) is 14.2. The zero-order valence-electron chi connectivity index (χ0n) is 13.7. The van der Waals surface area contributed by atoms with Crippen LogP contribution in [-0.2, 0) is 42.2 Å². The summed E-state index contributed by atoms with van der Waals surface area (Å²) in [6.45, 7) is 14.9. The molecule has 1 radical (unpaired) electrons. The predicted octanol–water partition coefficient (Wildman–Crippen LogP) is 4.53. The van der Waals surface area contributed by atoms with E-state index in [1.807, 2.05) is 13.8 Å². The fraction of sp³-hybridized carbons (Fsp3) is 0.875. The first-order valence-corrected chi connectivity index (χ1v) is 7.13. The molecule has 0 aromatic rings. The Balaban J connectivity index is 0.00000324. The second kappa shape index (κ2) is 6.47. The molecule has 1 aliphatic rings. The molecule has 0 N–H and O–H groups in total. The van der Waals surface area contributed by atoms with Gasteiger partial charge in [0.1, 0.15) is 5.60 Å². The number of hydrogen-bond acceptors (Lipinski definition) is 2. The van der Waals surface area contributed by atoms with E-state index in [-0.39, 0.29) is 49.5 Å². The van der Waals surface area contributed by atoms with Crippen molar-refractivity contribution < 1.29 is 42.2 Å². The van der Waals surface area contributed by atoms with Crippen molar-refractivity contribution in [3.05, 3.63) is 5.92 Å². The van der Waals surface area contributed by atoms with E-state index in [1.54, 1.807) is 0 Å². The van der Waals surface area contributed by atoms with Crippen LogP contribution >= 0.6 is 0 Å². The smallest absolute Gasteiger partial charge is 0.170 e. The van der Waals surface area contributed by atoms with Crippen LogP contribution in [0, 0.1) is 16.7 Å². The molecule has 0 spiro atoms. The van der Waals surface area contributed by atoms with E-state index in [0.717, 1.165) is 25.2 Å². The number of ether oxygens (including phenoxy) is 1. The van der Waals surface area contributed by atoms with Crippen LogP contribution in [0.5, 0.6) is 0 Å². The third-order valence-electron chi connectivity index (χ3n) is 5.36. The molecule has 0 unspecified atom stereocenters. The molecule has 0 bridgehead atoms. The van der Waals surface area contributed by atoms with Crippen LogP contribution in [0.25, 0.3) is 0 Å². The molecule has 0 aromatic heterocycles. The third-order valence-corrected chi connectivity index (χ3v) is 5.36. The van der Waals surface area contributed by atoms with Crippen molar-refractivity contribution >= 4 is 5.97 Å². The quantitative estimate of drug-likeness (QED) is 0.556. The molecular weight excluding hydrogens is 313 g/mol. The summed E-state index contributed by atoms with van der Waals surface area (Å²) in [5, 5.41) is 0. The van der Waals surface area contributed by atoms with Gasteiger partial charge in [-0.25, -0.2) is 0 Å². The van der Waals surface area contributed by atoms with Crippen LogP contribution < -0.4 is 0 Å². The molecule has 0 aliphatic heterocycles. The van der Waals surface area contributed by atoms with Crippen molar-refractivity contribution in [1.29, 1.82) is 0 Å². The molecule has 3 heteroatoms. The van der Waals surface area contributed by atoms with Gasteiger partial charge in [0.2, 0.25) is 0 Å². The Bertz CT molecular complexity index is 305. The third kappa shape index (κ3) is 3.56. The van der Waals surface area contributed by atoms with Gasteiger partial charge >= 0.3 is 0 Å². The Labute approximate surface area is 144 Å². The van der Waals surface area contributed by atoms with E-state index in [0.29, 0.717) is 0 Å². The van der Waals surface area contributed by atoms with Crippen molar-refractivity contribution in [3.63, 3.8) is 0 Å². The Morgan fingerprint density at radius 2 is 1.53 bits per heavy atom. The summed E-state index contributed by atoms with van der Waals surface area (Å²) in [5.74, 6) is 0.691. The molecule has 0 amide bonds. The van der Waals surface area contributed by atoms with Gasteiger partial charge in [-0.3, -0.25) is 10.7 Å². The summed E-state index contributed by atoms with van der Waals surface area (Å²) >= 11 is 0. The Kier molecular flexibility index (Phi) is 6.62. The van der Waals surface area contributed by atoms with Crippen molar-refractivity contribution in [2.24, 2.45) is 10.8 Å². The van der Waals surface area contributed by atoms with Gasteiger partial charge in [0.05, 0.1) is 0 Å². The first-order chi connectivity index (χ1) is 8.07. The second-order valence-electron chi connectivity index (χ2n) is 7.18. The maximum atomic E-state index is 12.2. The van der Waals surface area contributed by atoms with Crippen LogP contribution in [0.4, 0.5) is 0 Å². The van der Waals surface area contributed by atoms with Gasteiger partial charge in [-0.05, 0) is 19.8 Å². The van der Waals surface area contributed by atoms with E-state index < -0.39 is 5.60 Å². The molecule has 0 aromatic carbocycles. The topological polar surface area (TPSA) is 26.3 Å². The van der Waals surface area contributed by atoms with Crippen LogP contribution in [0.3, 0.4) is 0 Å². The van der Waals surface area contributed by atoms with E-state index in [4.69, 9.17) is 4.74 Å². The molecule has 1 saturated carbocycles. The molecule has 0 heterocycles. The fourth-order valence-corrected chi connectivity index (χ4v) is 3.06. The minimum absolute atomic E-state index is 0. The Morgan fingerprint density at radius 1 is 1.11 bits per heavy atom. The standard InChI is InChI=1S/C16H29O2.Y/c1-8-12(2)13(17)18-16(7)14(3,4)10-9-11-15(16,5)6;/h8-11H2,1-7H3;/q-1;. The van der Waals surface area contributed by atoms with E-state index >= 15 is 0 Å². The summed E-state index contributed by atoms with van der Waals surface area (Å²) in [4.78, 5) is 12.2. The van der Waals surface area contributed by atoms with Crippen LogP contribution in [0.15, 0.2) is 0 Å². The number of carbonyl (C=O) groups is 1. The van der Waals surface area contributed by atoms with Gasteiger partial charge in [-0.15, -0.1) is 0 Å². The van der Waals surface area contributed by atoms with Crippen LogP contribution in [-0.4, -0.2) is 11.6 Å². The van der Waals surface area contributed by atoms with Gasteiger partial charge in [-0.1, -0.05) is 41.0 Å². The summed E-state index contributed by atoms with van der Waals surface area (Å²) in [7, 11) is 0. The average Bonchev–Trinajstić information content (AvgIpc) is 2.24. The summed E-state index contributed by atoms with van der Waals surface area (Å²) in [5.41, 5.74) is -0.345. The zero-order valence-corrected chi connectivity index (χ0v) is 16.6. The van der Waals surface area contributed by atoms with Crippen molar-refractivity contribution in [3.8, 4) is 0 Å². The summed E-state index contributed by atoms with van der Waals surface area (Å²) in [6, 6.07) is 0. The summed E-state index contributed by atoms with van der Waals surface area (Å²) in [6.07, 6.45) is 4.20. The Morgan fingerprint density at radius 3 is 1.89 bits per heavy atom. The Hall–Kier alpha value is 0.444. The summed E-state index contributed by atoms with van der Waals surface area (Å²) < 4.78 is 5.99. The van der Waals surface area contributed by atoms with Gasteiger partial charge in [0, 0.05) is 43.5 Å². The van der Waals surface area contributed by atoms with Gasteiger partial charge in [-0.2, -0.15) is 13.3 Å². The first-order valence-electron chi connectivity index (χ1n) is 7.13. The molecule has 1 rings (SSSR count). The fourth-order valence-electron chi connectivity index (χ4n) is 3.06. The average molecular weight is 342 g/mol. The van der Waals surface area contributed by atoms with Crippen molar-refractivity contribution in [2.45, 2.75) is 79.8 Å². The molecule has 0 atom stereocenters. The van der Waals surface area contributed by atoms with E-state index in [9.17, 15) is 4.79 Å². The second-order valence-corrected chi connectivity index (χ2v) is 7.18. The van der Waals surface area contributed by atoms with Crippen molar-refractivity contribution in [2.75, 3.05) is 0 Å². The molecule has 2 nitrogen and oxygen atoms in total. The molecule has 1 fully saturated rings. The normalized spacial score (nSPS) is 23.1. The van der Waals surface area contributed by atoms with Crippen molar-refractivity contribution in [1.82, 2.24) is 0 Å². The maximum Gasteiger partial charge on any atom is 0.170 e. The van der Waals surface area contributed by atoms with E-state index in [2.05, 4.69) is 34.6 Å². The van der Waals surface area contributed by atoms with Crippen LogP contribution in [0.2, 0.25) is 0 Å². The van der Waals surface area contributed by atoms with Gasteiger partial charge < -0.3 is 4.74 Å². The molecule has 109 valence electrons. The monoisotopic (exact) mass is 342 g/mol. The SMILES string of the molecule is CC[C-](C)C(=O)OC1(C)C(C)(C)CCCC1(C)C.[Y]. The number of hydrogen-bond donors (Lipinski definition) is 0. The molecule has 0 saturated heterocycles. The first kappa shape index (κ1) is 19.4. The largest absolute Gasteiger partial charge is 0.481 e. The van der Waals surface area contributed by atoms with Crippen LogP contribution in [0.1, 0.15) is 74.1 Å².